The number of benzene rings is 1. The number of ether oxygens (including phenoxy) is 1. The van der Waals surface area contributed by atoms with Gasteiger partial charge < -0.3 is 15.4 Å². The number of nitrogens with zero attached hydrogens (tertiary/aromatic N) is 1. The molecule has 0 saturated heterocycles. The van der Waals surface area contributed by atoms with E-state index in [-0.39, 0.29) is 18.3 Å². The molecular weight excluding hydrogens is 244 g/mol. The molecule has 0 aliphatic carbocycles. The number of hydrogen-bond donors (Lipinski definition) is 1. The molecule has 0 spiro atoms. The van der Waals surface area contributed by atoms with Crippen LogP contribution < -0.4 is 5.73 Å². The number of carbonyl (C=O) groups is 2. The molecule has 0 bridgehead atoms. The molecule has 0 aromatic heterocycles. The normalized spacial score (nSPS) is 10.1. The molecule has 0 saturated carbocycles. The number of amides is 1. The molecule has 0 unspecified atom stereocenters. The average molecular weight is 264 g/mol. The maximum atomic E-state index is 12.2. The quantitative estimate of drug-likeness (QED) is 0.647. The highest BCUT2D eigenvalue weighted by molar-refractivity contribution is 5.96. The van der Waals surface area contributed by atoms with Crippen molar-refractivity contribution in [1.29, 1.82) is 0 Å². The summed E-state index contributed by atoms with van der Waals surface area (Å²) in [6.45, 7) is 4.28. The van der Waals surface area contributed by atoms with Gasteiger partial charge in [0.15, 0.2) is 0 Å². The molecule has 1 aromatic carbocycles. The van der Waals surface area contributed by atoms with Crippen molar-refractivity contribution in [2.75, 3.05) is 25.9 Å². The molecule has 0 atom stereocenters. The Balaban J connectivity index is 2.66. The van der Waals surface area contributed by atoms with E-state index in [0.717, 1.165) is 5.56 Å². The van der Waals surface area contributed by atoms with Crippen molar-refractivity contribution >= 4 is 17.6 Å². The van der Waals surface area contributed by atoms with E-state index in [1.54, 1.807) is 26.1 Å². The summed E-state index contributed by atoms with van der Waals surface area (Å²) in [6, 6.07) is 5.21. The van der Waals surface area contributed by atoms with Crippen LogP contribution in [0.25, 0.3) is 0 Å². The van der Waals surface area contributed by atoms with Crippen LogP contribution in [-0.4, -0.2) is 37.0 Å². The SMILES string of the molecule is CCOC(=O)CCN(C)C(=O)c1cc(N)ccc1C. The first-order valence-electron chi connectivity index (χ1n) is 6.23. The fourth-order valence-electron chi connectivity index (χ4n) is 1.67. The molecule has 1 amide bonds. The van der Waals surface area contributed by atoms with Crippen LogP contribution in [0.15, 0.2) is 18.2 Å². The number of nitrogens with two attached hydrogens (primary N) is 1. The highest BCUT2D eigenvalue weighted by atomic mass is 16.5. The summed E-state index contributed by atoms with van der Waals surface area (Å²) in [7, 11) is 1.66. The number of aryl methyl sites for hydroxylation is 1. The highest BCUT2D eigenvalue weighted by Gasteiger charge is 2.15. The molecule has 0 aliphatic rings. The summed E-state index contributed by atoms with van der Waals surface area (Å²) in [5, 5.41) is 0. The zero-order valence-corrected chi connectivity index (χ0v) is 11.6. The van der Waals surface area contributed by atoms with Gasteiger partial charge in [-0.2, -0.15) is 0 Å². The van der Waals surface area contributed by atoms with Crippen molar-refractivity contribution < 1.29 is 14.3 Å². The second-order valence-corrected chi connectivity index (χ2v) is 4.36. The summed E-state index contributed by atoms with van der Waals surface area (Å²) in [5.41, 5.74) is 7.66. The highest BCUT2D eigenvalue weighted by Crippen LogP contribution is 2.14. The summed E-state index contributed by atoms with van der Waals surface area (Å²) in [6.07, 6.45) is 0.192. The fraction of sp³-hybridized carbons (Fsp3) is 0.429. The molecule has 0 radical (unpaired) electrons. The van der Waals surface area contributed by atoms with Gasteiger partial charge >= 0.3 is 5.97 Å². The second kappa shape index (κ2) is 6.78. The van der Waals surface area contributed by atoms with Crippen LogP contribution in [0.4, 0.5) is 5.69 Å². The van der Waals surface area contributed by atoms with Crippen LogP contribution in [0.5, 0.6) is 0 Å². The Morgan fingerprint density at radius 2 is 2.05 bits per heavy atom. The summed E-state index contributed by atoms with van der Waals surface area (Å²) in [5.74, 6) is -0.444. The van der Waals surface area contributed by atoms with Crippen LogP contribution >= 0.6 is 0 Å². The predicted octanol–water partition coefficient (Wildman–Crippen LogP) is 1.60. The third-order valence-electron chi connectivity index (χ3n) is 2.80. The van der Waals surface area contributed by atoms with Crippen LogP contribution in [0.3, 0.4) is 0 Å². The van der Waals surface area contributed by atoms with Gasteiger partial charge in [0.2, 0.25) is 0 Å². The van der Waals surface area contributed by atoms with Crippen molar-refractivity contribution in [2.45, 2.75) is 20.3 Å². The molecule has 104 valence electrons. The van der Waals surface area contributed by atoms with Crippen molar-refractivity contribution in [3.63, 3.8) is 0 Å². The van der Waals surface area contributed by atoms with E-state index in [1.807, 2.05) is 13.0 Å². The summed E-state index contributed by atoms with van der Waals surface area (Å²) in [4.78, 5) is 25.0. The fourth-order valence-corrected chi connectivity index (χ4v) is 1.67. The Kier molecular flexibility index (Phi) is 5.36. The lowest BCUT2D eigenvalue weighted by Crippen LogP contribution is -2.30. The lowest BCUT2D eigenvalue weighted by molar-refractivity contribution is -0.143. The van der Waals surface area contributed by atoms with Gasteiger partial charge in [-0.1, -0.05) is 6.07 Å². The van der Waals surface area contributed by atoms with E-state index in [4.69, 9.17) is 10.5 Å². The molecule has 0 aliphatic heterocycles. The third-order valence-corrected chi connectivity index (χ3v) is 2.80. The molecule has 0 fully saturated rings. The first kappa shape index (κ1) is 15.0. The predicted molar refractivity (Wildman–Crippen MR) is 73.8 cm³/mol. The number of carbonyl (C=O) groups excluding carboxylic acids is 2. The Bertz CT molecular complexity index is 472. The van der Waals surface area contributed by atoms with E-state index < -0.39 is 0 Å². The Labute approximate surface area is 113 Å². The van der Waals surface area contributed by atoms with Gasteiger partial charge in [0, 0.05) is 24.8 Å². The zero-order valence-electron chi connectivity index (χ0n) is 11.6. The Hall–Kier alpha value is -2.04. The molecule has 0 heterocycles. The van der Waals surface area contributed by atoms with Gasteiger partial charge in [-0.15, -0.1) is 0 Å². The van der Waals surface area contributed by atoms with Gasteiger partial charge in [-0.05, 0) is 31.5 Å². The van der Waals surface area contributed by atoms with Gasteiger partial charge in [-0.25, -0.2) is 0 Å². The smallest absolute Gasteiger partial charge is 0.307 e. The first-order valence-corrected chi connectivity index (χ1v) is 6.23. The minimum Gasteiger partial charge on any atom is -0.466 e. The lowest BCUT2D eigenvalue weighted by Gasteiger charge is -2.18. The number of esters is 1. The Morgan fingerprint density at radius 1 is 1.37 bits per heavy atom. The maximum Gasteiger partial charge on any atom is 0.307 e. The van der Waals surface area contributed by atoms with E-state index in [0.29, 0.717) is 24.4 Å². The molecule has 5 nitrogen and oxygen atoms in total. The van der Waals surface area contributed by atoms with Crippen LogP contribution in [0.1, 0.15) is 29.3 Å². The van der Waals surface area contributed by atoms with Crippen molar-refractivity contribution in [3.8, 4) is 0 Å². The summed E-state index contributed by atoms with van der Waals surface area (Å²) >= 11 is 0. The number of nitrogen functional groups attached to an aromatic ring is 1. The zero-order chi connectivity index (χ0) is 14.4. The monoisotopic (exact) mass is 264 g/mol. The molecule has 19 heavy (non-hydrogen) atoms. The maximum absolute atomic E-state index is 12.2. The lowest BCUT2D eigenvalue weighted by atomic mass is 10.1. The largest absolute Gasteiger partial charge is 0.466 e. The number of hydrogen-bond acceptors (Lipinski definition) is 4. The van der Waals surface area contributed by atoms with Gasteiger partial charge in [-0.3, -0.25) is 9.59 Å². The first-order chi connectivity index (χ1) is 8.95. The standard InChI is InChI=1S/C14H20N2O3/c1-4-19-13(17)7-8-16(3)14(18)12-9-11(15)6-5-10(12)2/h5-6,9H,4,7-8,15H2,1-3H3. The van der Waals surface area contributed by atoms with Crippen LogP contribution in [-0.2, 0) is 9.53 Å². The van der Waals surface area contributed by atoms with Crippen LogP contribution in [0, 0.1) is 6.92 Å². The van der Waals surface area contributed by atoms with E-state index in [9.17, 15) is 9.59 Å². The average Bonchev–Trinajstić information content (AvgIpc) is 2.38. The number of rotatable bonds is 5. The van der Waals surface area contributed by atoms with Gasteiger partial charge in [0.1, 0.15) is 0 Å². The topological polar surface area (TPSA) is 72.6 Å². The minimum atomic E-state index is -0.300. The molecule has 1 rings (SSSR count). The van der Waals surface area contributed by atoms with Crippen molar-refractivity contribution in [2.24, 2.45) is 0 Å². The minimum absolute atomic E-state index is 0.144. The van der Waals surface area contributed by atoms with E-state index in [1.165, 1.54) is 4.90 Å². The summed E-state index contributed by atoms with van der Waals surface area (Å²) < 4.78 is 4.82. The van der Waals surface area contributed by atoms with E-state index in [2.05, 4.69) is 0 Å². The third kappa shape index (κ3) is 4.28. The number of anilines is 1. The second-order valence-electron chi connectivity index (χ2n) is 4.36. The van der Waals surface area contributed by atoms with Gasteiger partial charge in [0.25, 0.3) is 5.91 Å². The molecule has 5 heteroatoms. The van der Waals surface area contributed by atoms with Gasteiger partial charge in [0.05, 0.1) is 13.0 Å². The Morgan fingerprint density at radius 3 is 2.68 bits per heavy atom. The molecule has 2 N–H and O–H groups in total. The van der Waals surface area contributed by atoms with Crippen molar-refractivity contribution in [3.05, 3.63) is 29.3 Å². The van der Waals surface area contributed by atoms with Crippen molar-refractivity contribution in [1.82, 2.24) is 4.90 Å². The molecular formula is C14H20N2O3. The van der Waals surface area contributed by atoms with E-state index >= 15 is 0 Å². The van der Waals surface area contributed by atoms with Crippen LogP contribution in [0.2, 0.25) is 0 Å². The molecule has 1 aromatic rings.